The molecule has 0 unspecified atom stereocenters. The van der Waals surface area contributed by atoms with Crippen LogP contribution < -0.4 is 11.5 Å². The zero-order chi connectivity index (χ0) is 21.0. The predicted octanol–water partition coefficient (Wildman–Crippen LogP) is 3.70. The molecule has 0 saturated heterocycles. The van der Waals surface area contributed by atoms with E-state index in [9.17, 15) is 8.42 Å². The largest absolute Gasteiger partial charge is 0.369 e. The lowest BCUT2D eigenvalue weighted by molar-refractivity contribution is 0.589. The first kappa shape index (κ1) is 20.9. The molecule has 0 fully saturated rings. The SMILES string of the molecule is CCCCC(=NN=C(N)N)c1cn(S(=O)(=O)c2ccccc2)c2ccc(Cl)cc12. The topological polar surface area (TPSA) is 116 Å². The van der Waals surface area contributed by atoms with Crippen molar-refractivity contribution in [1.82, 2.24) is 3.97 Å². The minimum Gasteiger partial charge on any atom is -0.369 e. The summed E-state index contributed by atoms with van der Waals surface area (Å²) >= 11 is 6.20. The van der Waals surface area contributed by atoms with Crippen molar-refractivity contribution in [1.29, 1.82) is 0 Å². The Bertz CT molecular complexity index is 1180. The van der Waals surface area contributed by atoms with E-state index in [1.165, 1.54) is 3.97 Å². The number of aromatic nitrogens is 1. The van der Waals surface area contributed by atoms with Crippen LogP contribution in [0.15, 0.2) is 69.8 Å². The monoisotopic (exact) mass is 431 g/mol. The van der Waals surface area contributed by atoms with Gasteiger partial charge in [0.05, 0.1) is 16.1 Å². The Morgan fingerprint density at radius 1 is 1.10 bits per heavy atom. The second kappa shape index (κ2) is 8.67. The normalized spacial score (nSPS) is 12.3. The van der Waals surface area contributed by atoms with Crippen molar-refractivity contribution in [3.8, 4) is 0 Å². The number of hydrogen-bond acceptors (Lipinski definition) is 4. The van der Waals surface area contributed by atoms with Gasteiger partial charge in [0.25, 0.3) is 10.0 Å². The van der Waals surface area contributed by atoms with E-state index in [1.54, 1.807) is 54.7 Å². The Hall–Kier alpha value is -2.84. The van der Waals surface area contributed by atoms with Gasteiger partial charge >= 0.3 is 0 Å². The van der Waals surface area contributed by atoms with E-state index in [0.29, 0.717) is 33.6 Å². The number of nitrogens with zero attached hydrogens (tertiary/aromatic N) is 3. The van der Waals surface area contributed by atoms with Crippen LogP contribution in [0, 0.1) is 0 Å². The number of halogens is 1. The summed E-state index contributed by atoms with van der Waals surface area (Å²) in [5.74, 6) is -0.169. The van der Waals surface area contributed by atoms with Crippen molar-refractivity contribution in [3.63, 3.8) is 0 Å². The molecule has 0 aliphatic carbocycles. The Balaban J connectivity index is 2.27. The van der Waals surface area contributed by atoms with Gasteiger partial charge in [-0.3, -0.25) is 0 Å². The van der Waals surface area contributed by atoms with Gasteiger partial charge in [0.1, 0.15) is 0 Å². The van der Waals surface area contributed by atoms with Gasteiger partial charge in [-0.05, 0) is 43.2 Å². The predicted molar refractivity (Wildman–Crippen MR) is 118 cm³/mol. The molecule has 29 heavy (non-hydrogen) atoms. The van der Waals surface area contributed by atoms with Gasteiger partial charge < -0.3 is 11.5 Å². The summed E-state index contributed by atoms with van der Waals surface area (Å²) in [6, 6.07) is 13.3. The minimum atomic E-state index is -3.81. The van der Waals surface area contributed by atoms with Crippen molar-refractivity contribution in [2.45, 2.75) is 31.1 Å². The molecule has 0 saturated carbocycles. The fraction of sp³-hybridized carbons (Fsp3) is 0.200. The molecule has 1 heterocycles. The van der Waals surface area contributed by atoms with Gasteiger partial charge in [0.2, 0.25) is 5.96 Å². The number of benzene rings is 2. The van der Waals surface area contributed by atoms with Crippen molar-refractivity contribution < 1.29 is 8.42 Å². The fourth-order valence-corrected chi connectivity index (χ4v) is 4.57. The highest BCUT2D eigenvalue weighted by molar-refractivity contribution is 7.90. The quantitative estimate of drug-likeness (QED) is 0.337. The van der Waals surface area contributed by atoms with Crippen LogP contribution >= 0.6 is 11.6 Å². The van der Waals surface area contributed by atoms with E-state index in [1.807, 2.05) is 0 Å². The van der Waals surface area contributed by atoms with E-state index >= 15 is 0 Å². The molecule has 3 rings (SSSR count). The molecular formula is C20H22ClN5O2S. The van der Waals surface area contributed by atoms with Crippen LogP contribution in [0.5, 0.6) is 0 Å². The summed E-state index contributed by atoms with van der Waals surface area (Å²) in [7, 11) is -3.81. The molecule has 1 aromatic heterocycles. The Morgan fingerprint density at radius 2 is 1.83 bits per heavy atom. The maximum atomic E-state index is 13.3. The second-order valence-electron chi connectivity index (χ2n) is 6.49. The van der Waals surface area contributed by atoms with Gasteiger partial charge in [0, 0.05) is 22.2 Å². The lowest BCUT2D eigenvalue weighted by Crippen LogP contribution is -2.22. The van der Waals surface area contributed by atoms with Gasteiger partial charge in [-0.25, -0.2) is 12.4 Å². The van der Waals surface area contributed by atoms with Crippen LogP contribution in [-0.4, -0.2) is 24.1 Å². The highest BCUT2D eigenvalue weighted by Gasteiger charge is 2.23. The molecule has 3 aromatic rings. The molecule has 0 aliphatic heterocycles. The maximum Gasteiger partial charge on any atom is 0.268 e. The van der Waals surface area contributed by atoms with Crippen LogP contribution in [0.1, 0.15) is 31.7 Å². The molecule has 0 bridgehead atoms. The third-order valence-corrected chi connectivity index (χ3v) is 6.32. The highest BCUT2D eigenvalue weighted by Crippen LogP contribution is 2.30. The molecule has 9 heteroatoms. The van der Waals surface area contributed by atoms with Gasteiger partial charge in [-0.1, -0.05) is 43.1 Å². The zero-order valence-electron chi connectivity index (χ0n) is 15.9. The Labute approximate surface area is 174 Å². The van der Waals surface area contributed by atoms with Crippen LogP contribution in [0.2, 0.25) is 5.02 Å². The Kier molecular flexibility index (Phi) is 6.24. The zero-order valence-corrected chi connectivity index (χ0v) is 17.5. The molecule has 2 aromatic carbocycles. The molecule has 7 nitrogen and oxygen atoms in total. The summed E-state index contributed by atoms with van der Waals surface area (Å²) < 4.78 is 27.8. The summed E-state index contributed by atoms with van der Waals surface area (Å²) in [4.78, 5) is 0.190. The van der Waals surface area contributed by atoms with Gasteiger partial charge in [-0.2, -0.15) is 5.10 Å². The number of rotatable bonds is 7. The maximum absolute atomic E-state index is 13.3. The summed E-state index contributed by atoms with van der Waals surface area (Å²) in [5.41, 5.74) is 12.6. The molecule has 152 valence electrons. The highest BCUT2D eigenvalue weighted by atomic mass is 35.5. The van der Waals surface area contributed by atoms with E-state index in [4.69, 9.17) is 23.1 Å². The van der Waals surface area contributed by atoms with E-state index in [0.717, 1.165) is 12.8 Å². The molecule has 4 N–H and O–H groups in total. The summed E-state index contributed by atoms with van der Waals surface area (Å²) in [6.07, 6.45) is 3.92. The van der Waals surface area contributed by atoms with Crippen LogP contribution in [0.4, 0.5) is 0 Å². The molecule has 0 spiro atoms. The van der Waals surface area contributed by atoms with Crippen LogP contribution in [0.25, 0.3) is 10.9 Å². The fourth-order valence-electron chi connectivity index (χ4n) is 3.01. The second-order valence-corrected chi connectivity index (χ2v) is 8.74. The lowest BCUT2D eigenvalue weighted by atomic mass is 10.0. The smallest absolute Gasteiger partial charge is 0.268 e. The van der Waals surface area contributed by atoms with Crippen molar-refractivity contribution in [2.24, 2.45) is 21.7 Å². The molecule has 0 amide bonds. The number of nitrogens with two attached hydrogens (primary N) is 2. The number of hydrogen-bond donors (Lipinski definition) is 2. The standard InChI is InChI=1S/C20H22ClN5O2S/c1-2-3-9-18(24-25-20(22)23)17-13-26(19-11-10-14(21)12-16(17)19)29(27,28)15-7-5-4-6-8-15/h4-8,10-13H,2-3,9H2,1H3,(H4,22,23,25). The number of guanidine groups is 1. The van der Waals surface area contributed by atoms with Crippen LogP contribution in [0.3, 0.4) is 0 Å². The van der Waals surface area contributed by atoms with Gasteiger partial charge in [0.15, 0.2) is 0 Å². The third kappa shape index (κ3) is 4.44. The molecular weight excluding hydrogens is 410 g/mol. The van der Waals surface area contributed by atoms with E-state index < -0.39 is 10.0 Å². The van der Waals surface area contributed by atoms with Crippen molar-refractivity contribution >= 4 is 44.2 Å². The first-order valence-electron chi connectivity index (χ1n) is 9.11. The Morgan fingerprint density at radius 3 is 2.48 bits per heavy atom. The molecule has 0 aliphatic rings. The lowest BCUT2D eigenvalue weighted by Gasteiger charge is -2.07. The summed E-state index contributed by atoms with van der Waals surface area (Å²) in [6.45, 7) is 2.05. The molecule has 0 atom stereocenters. The molecule has 0 radical (unpaired) electrons. The van der Waals surface area contributed by atoms with Crippen molar-refractivity contribution in [2.75, 3.05) is 0 Å². The van der Waals surface area contributed by atoms with Crippen LogP contribution in [-0.2, 0) is 10.0 Å². The minimum absolute atomic E-state index is 0.169. The average Bonchev–Trinajstić information content (AvgIpc) is 3.08. The first-order valence-corrected chi connectivity index (χ1v) is 10.9. The first-order chi connectivity index (χ1) is 13.8. The van der Waals surface area contributed by atoms with Crippen molar-refractivity contribution in [3.05, 3.63) is 65.3 Å². The van der Waals surface area contributed by atoms with Gasteiger partial charge in [-0.15, -0.1) is 5.10 Å². The third-order valence-electron chi connectivity index (χ3n) is 4.40. The van der Waals surface area contributed by atoms with E-state index in [2.05, 4.69) is 17.1 Å². The van der Waals surface area contributed by atoms with E-state index in [-0.39, 0.29) is 10.9 Å². The number of fused-ring (bicyclic) bond motifs is 1. The summed E-state index contributed by atoms with van der Waals surface area (Å²) in [5, 5.41) is 9.12. The number of unbranched alkanes of at least 4 members (excludes halogenated alkanes) is 1. The average molecular weight is 432 g/mol.